The van der Waals surface area contributed by atoms with Gasteiger partial charge >= 0.3 is 0 Å². The van der Waals surface area contributed by atoms with Gasteiger partial charge in [0.25, 0.3) is 0 Å². The molecule has 0 aliphatic carbocycles. The van der Waals surface area contributed by atoms with Crippen LogP contribution in [0.5, 0.6) is 5.75 Å². The molecule has 2 amide bonds. The van der Waals surface area contributed by atoms with E-state index >= 15 is 0 Å². The number of benzene rings is 1. The second-order valence-corrected chi connectivity index (χ2v) is 5.93. The number of hydrogen-bond acceptors (Lipinski definition) is 4. The molecule has 25 heavy (non-hydrogen) atoms. The van der Waals surface area contributed by atoms with Crippen molar-refractivity contribution in [1.29, 1.82) is 0 Å². The Morgan fingerprint density at radius 2 is 2.16 bits per heavy atom. The third-order valence-corrected chi connectivity index (χ3v) is 4.28. The molecule has 3 rings (SSSR count). The standard InChI is InChI=1S/C18H22N4O3/c1-25-16-6-2-5-15(13-16)22-12-11-20(14-18(22)24)17(23)7-3-9-21-10-4-8-19-21/h2,4-6,8,10,13H,3,7,9,11-12,14H2,1H3. The van der Waals surface area contributed by atoms with Gasteiger partial charge in [-0.15, -0.1) is 0 Å². The molecule has 0 unspecified atom stereocenters. The number of amides is 2. The van der Waals surface area contributed by atoms with Crippen molar-refractivity contribution in [1.82, 2.24) is 14.7 Å². The number of ether oxygens (including phenoxy) is 1. The van der Waals surface area contributed by atoms with Crippen LogP contribution < -0.4 is 9.64 Å². The quantitative estimate of drug-likeness (QED) is 0.799. The summed E-state index contributed by atoms with van der Waals surface area (Å²) in [7, 11) is 1.60. The van der Waals surface area contributed by atoms with Crippen LogP contribution >= 0.6 is 0 Å². The number of methoxy groups -OCH3 is 1. The first-order valence-electron chi connectivity index (χ1n) is 8.37. The molecule has 0 atom stereocenters. The summed E-state index contributed by atoms with van der Waals surface area (Å²) in [6.45, 7) is 1.87. The summed E-state index contributed by atoms with van der Waals surface area (Å²) < 4.78 is 7.01. The number of nitrogens with zero attached hydrogens (tertiary/aromatic N) is 4. The van der Waals surface area contributed by atoms with Gasteiger partial charge in [-0.3, -0.25) is 14.3 Å². The lowest BCUT2D eigenvalue weighted by molar-refractivity contribution is -0.137. The van der Waals surface area contributed by atoms with Gasteiger partial charge in [0.1, 0.15) is 12.3 Å². The van der Waals surface area contributed by atoms with E-state index in [1.54, 1.807) is 27.8 Å². The van der Waals surface area contributed by atoms with E-state index in [4.69, 9.17) is 4.74 Å². The van der Waals surface area contributed by atoms with Gasteiger partial charge in [0.15, 0.2) is 0 Å². The van der Waals surface area contributed by atoms with Crippen molar-refractivity contribution in [2.75, 3.05) is 31.6 Å². The SMILES string of the molecule is COc1cccc(N2CCN(C(=O)CCCn3cccn3)CC2=O)c1. The zero-order valence-corrected chi connectivity index (χ0v) is 14.3. The fourth-order valence-corrected chi connectivity index (χ4v) is 2.92. The van der Waals surface area contributed by atoms with Crippen LogP contribution in [0.3, 0.4) is 0 Å². The topological polar surface area (TPSA) is 67.7 Å². The van der Waals surface area contributed by atoms with Crippen LogP contribution in [0.25, 0.3) is 0 Å². The van der Waals surface area contributed by atoms with E-state index in [0.29, 0.717) is 38.2 Å². The van der Waals surface area contributed by atoms with E-state index < -0.39 is 0 Å². The number of carbonyl (C=O) groups excluding carboxylic acids is 2. The molecule has 1 aromatic carbocycles. The number of hydrogen-bond donors (Lipinski definition) is 0. The van der Waals surface area contributed by atoms with Gasteiger partial charge in [0.2, 0.25) is 11.8 Å². The van der Waals surface area contributed by atoms with Crippen LogP contribution in [0, 0.1) is 0 Å². The fraction of sp³-hybridized carbons (Fsp3) is 0.389. The Hall–Kier alpha value is -2.83. The van der Waals surface area contributed by atoms with Crippen LogP contribution in [0.2, 0.25) is 0 Å². The maximum absolute atomic E-state index is 12.4. The largest absolute Gasteiger partial charge is 0.497 e. The zero-order valence-electron chi connectivity index (χ0n) is 14.3. The molecule has 0 saturated carbocycles. The molecule has 1 fully saturated rings. The number of piperazine rings is 1. The molecule has 132 valence electrons. The molecule has 7 nitrogen and oxygen atoms in total. The van der Waals surface area contributed by atoms with Crippen molar-refractivity contribution < 1.29 is 14.3 Å². The minimum Gasteiger partial charge on any atom is -0.497 e. The van der Waals surface area contributed by atoms with E-state index in [2.05, 4.69) is 5.10 Å². The molecule has 0 spiro atoms. The fourth-order valence-electron chi connectivity index (χ4n) is 2.92. The molecule has 2 aromatic rings. The Kier molecular flexibility index (Phi) is 5.33. The lowest BCUT2D eigenvalue weighted by atomic mass is 10.2. The van der Waals surface area contributed by atoms with Gasteiger partial charge in [0, 0.05) is 50.2 Å². The van der Waals surface area contributed by atoms with Crippen LogP contribution in [-0.4, -0.2) is 53.2 Å². The monoisotopic (exact) mass is 342 g/mol. The Bertz CT molecular complexity index is 730. The second-order valence-electron chi connectivity index (χ2n) is 5.93. The molecule has 1 aliphatic heterocycles. The predicted molar refractivity (Wildman–Crippen MR) is 93.4 cm³/mol. The van der Waals surface area contributed by atoms with Gasteiger partial charge in [-0.2, -0.15) is 5.10 Å². The maximum Gasteiger partial charge on any atom is 0.246 e. The lowest BCUT2D eigenvalue weighted by Gasteiger charge is -2.34. The van der Waals surface area contributed by atoms with Crippen molar-refractivity contribution in [2.24, 2.45) is 0 Å². The third kappa shape index (κ3) is 4.17. The highest BCUT2D eigenvalue weighted by Gasteiger charge is 2.27. The molecule has 2 heterocycles. The summed E-state index contributed by atoms with van der Waals surface area (Å²) >= 11 is 0. The molecular weight excluding hydrogens is 320 g/mol. The van der Waals surface area contributed by atoms with Crippen molar-refractivity contribution in [3.8, 4) is 5.75 Å². The summed E-state index contributed by atoms with van der Waals surface area (Å²) in [6, 6.07) is 9.27. The Morgan fingerprint density at radius 1 is 1.28 bits per heavy atom. The lowest BCUT2D eigenvalue weighted by Crippen LogP contribution is -2.52. The number of anilines is 1. The number of aromatic nitrogens is 2. The highest BCUT2D eigenvalue weighted by Crippen LogP contribution is 2.22. The van der Waals surface area contributed by atoms with Crippen LogP contribution in [0.4, 0.5) is 5.69 Å². The Morgan fingerprint density at radius 3 is 2.88 bits per heavy atom. The van der Waals surface area contributed by atoms with Gasteiger partial charge in [-0.05, 0) is 24.6 Å². The average molecular weight is 342 g/mol. The minimum atomic E-state index is -0.0695. The summed E-state index contributed by atoms with van der Waals surface area (Å²) in [5.41, 5.74) is 0.801. The van der Waals surface area contributed by atoms with Gasteiger partial charge in [-0.1, -0.05) is 6.07 Å². The normalized spacial score (nSPS) is 14.7. The van der Waals surface area contributed by atoms with Gasteiger partial charge in [0.05, 0.1) is 7.11 Å². The molecule has 1 aromatic heterocycles. The zero-order chi connectivity index (χ0) is 17.6. The first-order valence-corrected chi connectivity index (χ1v) is 8.37. The molecule has 0 bridgehead atoms. The van der Waals surface area contributed by atoms with Crippen molar-refractivity contribution in [2.45, 2.75) is 19.4 Å². The number of rotatable bonds is 6. The molecule has 1 saturated heterocycles. The molecule has 0 N–H and O–H groups in total. The van der Waals surface area contributed by atoms with E-state index in [0.717, 1.165) is 5.69 Å². The summed E-state index contributed by atoms with van der Waals surface area (Å²) in [5, 5.41) is 4.12. The number of carbonyl (C=O) groups is 2. The first kappa shape index (κ1) is 17.0. The third-order valence-electron chi connectivity index (χ3n) is 4.28. The molecule has 7 heteroatoms. The van der Waals surface area contributed by atoms with Crippen LogP contribution in [0.15, 0.2) is 42.7 Å². The van der Waals surface area contributed by atoms with Gasteiger partial charge < -0.3 is 14.5 Å². The number of aryl methyl sites for hydroxylation is 1. The van der Waals surface area contributed by atoms with E-state index in [-0.39, 0.29) is 18.4 Å². The summed E-state index contributed by atoms with van der Waals surface area (Å²) in [4.78, 5) is 28.1. The Labute approximate surface area is 146 Å². The van der Waals surface area contributed by atoms with E-state index in [1.807, 2.05) is 36.5 Å². The highest BCUT2D eigenvalue weighted by atomic mass is 16.5. The van der Waals surface area contributed by atoms with Gasteiger partial charge in [-0.25, -0.2) is 0 Å². The van der Waals surface area contributed by atoms with Crippen LogP contribution in [0.1, 0.15) is 12.8 Å². The second kappa shape index (κ2) is 7.83. The predicted octanol–water partition coefficient (Wildman–Crippen LogP) is 1.55. The average Bonchev–Trinajstić information content (AvgIpc) is 3.15. The molecule has 1 aliphatic rings. The van der Waals surface area contributed by atoms with E-state index in [1.165, 1.54) is 0 Å². The van der Waals surface area contributed by atoms with Crippen molar-refractivity contribution in [3.05, 3.63) is 42.7 Å². The maximum atomic E-state index is 12.4. The first-order chi connectivity index (χ1) is 12.2. The molecule has 0 radical (unpaired) electrons. The minimum absolute atomic E-state index is 0.0193. The Balaban J connectivity index is 1.52. The van der Waals surface area contributed by atoms with Crippen molar-refractivity contribution >= 4 is 17.5 Å². The van der Waals surface area contributed by atoms with Crippen molar-refractivity contribution in [3.63, 3.8) is 0 Å². The van der Waals surface area contributed by atoms with Crippen LogP contribution in [-0.2, 0) is 16.1 Å². The summed E-state index contributed by atoms with van der Waals surface area (Å²) in [6.07, 6.45) is 4.73. The summed E-state index contributed by atoms with van der Waals surface area (Å²) in [5.74, 6) is 0.660. The smallest absolute Gasteiger partial charge is 0.246 e. The van der Waals surface area contributed by atoms with E-state index in [9.17, 15) is 9.59 Å². The highest BCUT2D eigenvalue weighted by molar-refractivity contribution is 5.98. The molecular formula is C18H22N4O3.